The van der Waals surface area contributed by atoms with Crippen LogP contribution >= 0.6 is 0 Å². The fourth-order valence-corrected chi connectivity index (χ4v) is 0.886. The molecular formula is C8H8N6O4. The molecule has 0 aliphatic carbocycles. The Bertz CT molecular complexity index is 519. The lowest BCUT2D eigenvalue weighted by Crippen LogP contribution is -2.00. The van der Waals surface area contributed by atoms with E-state index in [1.165, 1.54) is 0 Å². The lowest BCUT2D eigenvalue weighted by Gasteiger charge is -1.95. The lowest BCUT2D eigenvalue weighted by molar-refractivity contribution is 0.270. The van der Waals surface area contributed by atoms with Gasteiger partial charge in [0.05, 0.1) is 0 Å². The Labute approximate surface area is 100 Å². The van der Waals surface area contributed by atoms with Crippen LogP contribution in [0.25, 0.3) is 0 Å². The smallest absolute Gasteiger partial charge is 0.301 e. The Morgan fingerprint density at radius 2 is 1.28 bits per heavy atom. The Kier molecular flexibility index (Phi) is 3.45. The van der Waals surface area contributed by atoms with E-state index in [4.69, 9.17) is 20.9 Å². The molecule has 0 amide bonds. The Balaban J connectivity index is 1.71. The van der Waals surface area contributed by atoms with Crippen LogP contribution in [0.15, 0.2) is 9.26 Å². The molecule has 4 N–H and O–H groups in total. The minimum absolute atomic E-state index is 0.0638. The van der Waals surface area contributed by atoms with E-state index in [0.717, 1.165) is 0 Å². The SMILES string of the molecule is Nc1nonc1OCC#CCOc1nonc1N. The van der Waals surface area contributed by atoms with Crippen LogP contribution in [0.1, 0.15) is 0 Å². The summed E-state index contributed by atoms with van der Waals surface area (Å²) in [5.41, 5.74) is 10.7. The van der Waals surface area contributed by atoms with Crippen LogP contribution in [0.3, 0.4) is 0 Å². The summed E-state index contributed by atoms with van der Waals surface area (Å²) in [5, 5.41) is 13.5. The molecule has 0 unspecified atom stereocenters. The van der Waals surface area contributed by atoms with Gasteiger partial charge in [0.15, 0.2) is 13.2 Å². The van der Waals surface area contributed by atoms with Gasteiger partial charge in [-0.25, -0.2) is 9.26 Å². The van der Waals surface area contributed by atoms with Gasteiger partial charge in [0, 0.05) is 0 Å². The fourth-order valence-electron chi connectivity index (χ4n) is 0.886. The number of hydrogen-bond acceptors (Lipinski definition) is 10. The highest BCUT2D eigenvalue weighted by Gasteiger charge is 2.06. The van der Waals surface area contributed by atoms with Gasteiger partial charge in [-0.15, -0.1) is 0 Å². The van der Waals surface area contributed by atoms with E-state index >= 15 is 0 Å². The molecule has 0 saturated heterocycles. The van der Waals surface area contributed by atoms with Gasteiger partial charge < -0.3 is 20.9 Å². The van der Waals surface area contributed by atoms with E-state index < -0.39 is 0 Å². The van der Waals surface area contributed by atoms with Gasteiger partial charge in [-0.2, -0.15) is 0 Å². The van der Waals surface area contributed by atoms with Crippen molar-refractivity contribution in [2.75, 3.05) is 24.7 Å². The third kappa shape index (κ3) is 2.79. The molecule has 0 radical (unpaired) electrons. The van der Waals surface area contributed by atoms with Crippen molar-refractivity contribution in [2.24, 2.45) is 0 Å². The van der Waals surface area contributed by atoms with Crippen LogP contribution in [-0.2, 0) is 0 Å². The highest BCUT2D eigenvalue weighted by molar-refractivity contribution is 5.37. The second kappa shape index (κ2) is 5.39. The average molecular weight is 252 g/mol. The van der Waals surface area contributed by atoms with Crippen LogP contribution in [0.2, 0.25) is 0 Å². The summed E-state index contributed by atoms with van der Waals surface area (Å²) in [5.74, 6) is 5.62. The molecule has 2 aromatic rings. The second-order valence-electron chi connectivity index (χ2n) is 2.84. The normalized spacial score (nSPS) is 9.56. The highest BCUT2D eigenvalue weighted by atomic mass is 16.6. The van der Waals surface area contributed by atoms with Crippen molar-refractivity contribution < 1.29 is 18.7 Å². The van der Waals surface area contributed by atoms with Crippen molar-refractivity contribution in [3.63, 3.8) is 0 Å². The predicted octanol–water partition coefficient (Wildman–Crippen LogP) is -0.922. The molecule has 10 heteroatoms. The Hall–Kier alpha value is -2.96. The van der Waals surface area contributed by atoms with E-state index in [1.807, 2.05) is 0 Å². The van der Waals surface area contributed by atoms with Crippen molar-refractivity contribution in [3.05, 3.63) is 0 Å². The second-order valence-corrected chi connectivity index (χ2v) is 2.84. The van der Waals surface area contributed by atoms with E-state index in [-0.39, 0.29) is 36.6 Å². The predicted molar refractivity (Wildman–Crippen MR) is 56.2 cm³/mol. The number of rotatable bonds is 4. The summed E-state index contributed by atoms with van der Waals surface area (Å²) < 4.78 is 18.7. The van der Waals surface area contributed by atoms with E-state index in [2.05, 4.69) is 41.7 Å². The topological polar surface area (TPSA) is 148 Å². The molecule has 0 aliphatic rings. The number of nitrogens with two attached hydrogens (primary N) is 2. The van der Waals surface area contributed by atoms with Gasteiger partial charge in [-0.3, -0.25) is 0 Å². The highest BCUT2D eigenvalue weighted by Crippen LogP contribution is 2.13. The maximum Gasteiger partial charge on any atom is 0.301 e. The first kappa shape index (κ1) is 11.5. The van der Waals surface area contributed by atoms with Crippen molar-refractivity contribution in [1.82, 2.24) is 20.6 Å². The van der Waals surface area contributed by atoms with Gasteiger partial charge in [0.25, 0.3) is 0 Å². The van der Waals surface area contributed by atoms with Gasteiger partial charge in [-0.05, 0) is 20.6 Å². The summed E-state index contributed by atoms with van der Waals surface area (Å²) in [6.45, 7) is 0.128. The molecule has 0 aromatic carbocycles. The molecule has 2 aromatic heterocycles. The van der Waals surface area contributed by atoms with E-state index in [1.54, 1.807) is 0 Å². The minimum atomic E-state index is 0.0638. The number of anilines is 2. The molecule has 0 aliphatic heterocycles. The standard InChI is InChI=1S/C8H8N6O4/c9-5-7(13-17-11-5)15-3-1-2-4-16-8-6(10)12-18-14-8/h3-4H2,(H2,9,11)(H2,10,12). The summed E-state index contributed by atoms with van der Waals surface area (Å²) in [4.78, 5) is 0. The summed E-state index contributed by atoms with van der Waals surface area (Å²) in [6, 6.07) is 0. The molecule has 0 atom stereocenters. The Morgan fingerprint density at radius 1 is 0.833 bits per heavy atom. The summed E-state index contributed by atoms with van der Waals surface area (Å²) >= 11 is 0. The summed E-state index contributed by atoms with van der Waals surface area (Å²) in [6.07, 6.45) is 0. The third-order valence-corrected chi connectivity index (χ3v) is 1.65. The molecule has 18 heavy (non-hydrogen) atoms. The summed E-state index contributed by atoms with van der Waals surface area (Å²) in [7, 11) is 0. The van der Waals surface area contributed by atoms with E-state index in [9.17, 15) is 0 Å². The zero-order valence-electron chi connectivity index (χ0n) is 8.99. The fraction of sp³-hybridized carbons (Fsp3) is 0.250. The quantitative estimate of drug-likeness (QED) is 0.654. The first-order valence-electron chi connectivity index (χ1n) is 4.64. The monoisotopic (exact) mass is 252 g/mol. The molecule has 0 bridgehead atoms. The maximum absolute atomic E-state index is 5.36. The molecule has 0 fully saturated rings. The van der Waals surface area contributed by atoms with Crippen LogP contribution in [0.4, 0.5) is 11.6 Å². The zero-order valence-corrected chi connectivity index (χ0v) is 8.99. The minimum Gasteiger partial charge on any atom is -0.460 e. The van der Waals surface area contributed by atoms with Gasteiger partial charge in [0.2, 0.25) is 11.6 Å². The van der Waals surface area contributed by atoms with Gasteiger partial charge in [-0.1, -0.05) is 11.8 Å². The van der Waals surface area contributed by atoms with E-state index in [0.29, 0.717) is 0 Å². The number of aromatic nitrogens is 4. The molecule has 2 heterocycles. The first-order chi connectivity index (χ1) is 8.77. The molecule has 10 nitrogen and oxygen atoms in total. The largest absolute Gasteiger partial charge is 0.460 e. The van der Waals surface area contributed by atoms with Crippen molar-refractivity contribution in [3.8, 4) is 23.6 Å². The average Bonchev–Trinajstić information content (AvgIpc) is 2.94. The number of nitrogen functional groups attached to an aromatic ring is 2. The van der Waals surface area contributed by atoms with Gasteiger partial charge >= 0.3 is 11.8 Å². The number of hydrogen-bond donors (Lipinski definition) is 2. The van der Waals surface area contributed by atoms with Crippen LogP contribution in [-0.4, -0.2) is 33.8 Å². The molecule has 0 saturated carbocycles. The molecule has 0 spiro atoms. The zero-order chi connectivity index (χ0) is 12.8. The Morgan fingerprint density at radius 3 is 1.61 bits per heavy atom. The number of ether oxygens (including phenoxy) is 2. The lowest BCUT2D eigenvalue weighted by atomic mass is 10.6. The van der Waals surface area contributed by atoms with Crippen LogP contribution in [0.5, 0.6) is 11.8 Å². The van der Waals surface area contributed by atoms with Crippen molar-refractivity contribution in [1.29, 1.82) is 0 Å². The van der Waals surface area contributed by atoms with Crippen LogP contribution in [0, 0.1) is 11.8 Å². The third-order valence-electron chi connectivity index (χ3n) is 1.65. The molecule has 2 rings (SSSR count). The van der Waals surface area contributed by atoms with Gasteiger partial charge in [0.1, 0.15) is 0 Å². The first-order valence-corrected chi connectivity index (χ1v) is 4.64. The molecular weight excluding hydrogens is 244 g/mol. The molecule has 94 valence electrons. The van der Waals surface area contributed by atoms with Crippen molar-refractivity contribution in [2.45, 2.75) is 0 Å². The van der Waals surface area contributed by atoms with Crippen LogP contribution < -0.4 is 20.9 Å². The van der Waals surface area contributed by atoms with Crippen molar-refractivity contribution >= 4 is 11.6 Å². The maximum atomic E-state index is 5.36. The number of nitrogens with zero attached hydrogens (tertiary/aromatic N) is 4.